The van der Waals surface area contributed by atoms with E-state index in [1.807, 2.05) is 23.8 Å². The first-order valence-corrected chi connectivity index (χ1v) is 8.87. The van der Waals surface area contributed by atoms with Crippen molar-refractivity contribution in [3.05, 3.63) is 36.5 Å². The lowest BCUT2D eigenvalue weighted by Crippen LogP contribution is -2.38. The zero-order valence-corrected chi connectivity index (χ0v) is 14.9. The first-order valence-electron chi connectivity index (χ1n) is 8.87. The molecule has 2 N–H and O–H groups in total. The van der Waals surface area contributed by atoms with Gasteiger partial charge in [-0.05, 0) is 44.7 Å². The number of hydrogen-bond donors (Lipinski definition) is 2. The molecule has 1 aliphatic rings. The summed E-state index contributed by atoms with van der Waals surface area (Å²) in [6.07, 6.45) is 10.8. The van der Waals surface area contributed by atoms with Crippen LogP contribution in [-0.4, -0.2) is 39.7 Å². The zero-order chi connectivity index (χ0) is 17.6. The first-order chi connectivity index (χ1) is 12.1. The van der Waals surface area contributed by atoms with Crippen LogP contribution in [0.1, 0.15) is 31.7 Å². The molecule has 7 heteroatoms. The molecule has 2 amide bonds. The molecule has 0 bridgehead atoms. The number of amides is 2. The van der Waals surface area contributed by atoms with Gasteiger partial charge in [0.05, 0.1) is 18.2 Å². The predicted molar refractivity (Wildman–Crippen MR) is 98.9 cm³/mol. The molecule has 3 rings (SSSR count). The van der Waals surface area contributed by atoms with Gasteiger partial charge in [-0.3, -0.25) is 0 Å². The van der Waals surface area contributed by atoms with E-state index in [4.69, 9.17) is 0 Å². The van der Waals surface area contributed by atoms with Gasteiger partial charge in [-0.25, -0.2) is 14.8 Å². The summed E-state index contributed by atoms with van der Waals surface area (Å²) < 4.78 is 1.92. The third kappa shape index (κ3) is 4.49. The summed E-state index contributed by atoms with van der Waals surface area (Å²) >= 11 is 0. The number of urea groups is 1. The Kier molecular flexibility index (Phi) is 5.53. The maximum Gasteiger partial charge on any atom is 0.319 e. The Morgan fingerprint density at radius 2 is 2.28 bits per heavy atom. The number of piperidine rings is 1. The fourth-order valence-electron chi connectivity index (χ4n) is 3.24. The number of imidazole rings is 1. The number of aryl methyl sites for hydroxylation is 1. The number of rotatable bonds is 5. The second kappa shape index (κ2) is 8.00. The van der Waals surface area contributed by atoms with Crippen molar-refractivity contribution in [3.8, 4) is 0 Å². The highest BCUT2D eigenvalue weighted by molar-refractivity contribution is 5.89. The summed E-state index contributed by atoms with van der Waals surface area (Å²) in [7, 11) is 0. The van der Waals surface area contributed by atoms with E-state index in [1.165, 1.54) is 19.3 Å². The summed E-state index contributed by atoms with van der Waals surface area (Å²) in [5.74, 6) is 1.03. The van der Waals surface area contributed by atoms with Gasteiger partial charge in [0.15, 0.2) is 0 Å². The largest absolute Gasteiger partial charge is 0.354 e. The summed E-state index contributed by atoms with van der Waals surface area (Å²) in [5, 5.41) is 5.69. The van der Waals surface area contributed by atoms with Crippen LogP contribution in [0, 0.1) is 6.92 Å². The van der Waals surface area contributed by atoms with Gasteiger partial charge < -0.3 is 20.1 Å². The van der Waals surface area contributed by atoms with Crippen molar-refractivity contribution in [2.75, 3.05) is 23.3 Å². The number of aromatic nitrogens is 3. The number of carbonyl (C=O) groups is 1. The van der Waals surface area contributed by atoms with Crippen LogP contribution in [-0.2, 0) is 6.54 Å². The molecule has 0 saturated carbocycles. The molecule has 1 atom stereocenters. The van der Waals surface area contributed by atoms with Crippen LogP contribution in [0.2, 0.25) is 0 Å². The lowest BCUT2D eigenvalue weighted by atomic mass is 10.0. The topological polar surface area (TPSA) is 75.1 Å². The van der Waals surface area contributed by atoms with Crippen molar-refractivity contribution in [2.45, 2.75) is 45.7 Å². The molecule has 0 aromatic carbocycles. The fourth-order valence-corrected chi connectivity index (χ4v) is 3.24. The van der Waals surface area contributed by atoms with E-state index in [9.17, 15) is 4.79 Å². The molecule has 1 aliphatic heterocycles. The van der Waals surface area contributed by atoms with Crippen molar-refractivity contribution in [2.24, 2.45) is 0 Å². The standard InChI is InChI=1S/C18H26N6O/c1-14-11-16(12-21-17(14)24-8-4-3-5-15(24)2)22-18(25)20-7-10-23-9-6-19-13-23/h6,9,11-13,15H,3-5,7-8,10H2,1-2H3,(H2,20,22,25)/t15-/m0/s1. The van der Waals surface area contributed by atoms with Gasteiger partial charge in [-0.1, -0.05) is 0 Å². The molecule has 3 heterocycles. The second-order valence-corrected chi connectivity index (χ2v) is 6.58. The highest BCUT2D eigenvalue weighted by atomic mass is 16.2. The van der Waals surface area contributed by atoms with Crippen LogP contribution in [0.25, 0.3) is 0 Å². The monoisotopic (exact) mass is 342 g/mol. The Morgan fingerprint density at radius 1 is 1.40 bits per heavy atom. The van der Waals surface area contributed by atoms with Crippen LogP contribution in [0.15, 0.2) is 31.0 Å². The lowest BCUT2D eigenvalue weighted by Gasteiger charge is -2.35. The third-order valence-electron chi connectivity index (χ3n) is 4.60. The maximum absolute atomic E-state index is 12.0. The number of nitrogens with one attached hydrogen (secondary N) is 2. The summed E-state index contributed by atoms with van der Waals surface area (Å²) in [6.45, 7) is 6.58. The second-order valence-electron chi connectivity index (χ2n) is 6.58. The van der Waals surface area contributed by atoms with E-state index in [2.05, 4.69) is 32.4 Å². The molecule has 1 fully saturated rings. The van der Waals surface area contributed by atoms with Gasteiger partial charge in [0.1, 0.15) is 5.82 Å². The average Bonchev–Trinajstić information content (AvgIpc) is 3.09. The molecule has 1 saturated heterocycles. The van der Waals surface area contributed by atoms with Gasteiger partial charge in [0, 0.05) is 38.1 Å². The molecule has 0 radical (unpaired) electrons. The van der Waals surface area contributed by atoms with E-state index in [0.717, 1.165) is 17.9 Å². The van der Waals surface area contributed by atoms with Crippen molar-refractivity contribution in [1.82, 2.24) is 19.9 Å². The van der Waals surface area contributed by atoms with Crippen LogP contribution >= 0.6 is 0 Å². The van der Waals surface area contributed by atoms with Gasteiger partial charge >= 0.3 is 6.03 Å². The normalized spacial score (nSPS) is 17.4. The Balaban J connectivity index is 1.54. The van der Waals surface area contributed by atoms with E-state index in [1.54, 1.807) is 18.7 Å². The van der Waals surface area contributed by atoms with Crippen molar-refractivity contribution < 1.29 is 4.79 Å². The molecule has 0 unspecified atom stereocenters. The Morgan fingerprint density at radius 3 is 3.00 bits per heavy atom. The highest BCUT2D eigenvalue weighted by Gasteiger charge is 2.21. The van der Waals surface area contributed by atoms with Crippen molar-refractivity contribution in [3.63, 3.8) is 0 Å². The third-order valence-corrected chi connectivity index (χ3v) is 4.60. The highest BCUT2D eigenvalue weighted by Crippen LogP contribution is 2.27. The predicted octanol–water partition coefficient (Wildman–Crippen LogP) is 2.79. The van der Waals surface area contributed by atoms with E-state index in [-0.39, 0.29) is 6.03 Å². The average molecular weight is 342 g/mol. The minimum atomic E-state index is -0.222. The van der Waals surface area contributed by atoms with Crippen molar-refractivity contribution in [1.29, 1.82) is 0 Å². The van der Waals surface area contributed by atoms with Crippen LogP contribution in [0.5, 0.6) is 0 Å². The number of hydrogen-bond acceptors (Lipinski definition) is 4. The summed E-state index contributed by atoms with van der Waals surface area (Å²) in [6, 6.07) is 2.28. The molecule has 0 aliphatic carbocycles. The Bertz CT molecular complexity index is 700. The van der Waals surface area contributed by atoms with Gasteiger partial charge in [-0.15, -0.1) is 0 Å². The summed E-state index contributed by atoms with van der Waals surface area (Å²) in [5.41, 5.74) is 1.80. The van der Waals surface area contributed by atoms with Crippen LogP contribution < -0.4 is 15.5 Å². The van der Waals surface area contributed by atoms with Crippen LogP contribution in [0.4, 0.5) is 16.3 Å². The minimum absolute atomic E-state index is 0.222. The molecule has 7 nitrogen and oxygen atoms in total. The number of pyridine rings is 1. The van der Waals surface area contributed by atoms with Gasteiger partial charge in [0.25, 0.3) is 0 Å². The van der Waals surface area contributed by atoms with Crippen LogP contribution in [0.3, 0.4) is 0 Å². The zero-order valence-electron chi connectivity index (χ0n) is 14.9. The first kappa shape index (κ1) is 17.3. The van der Waals surface area contributed by atoms with Gasteiger partial charge in [-0.2, -0.15) is 0 Å². The Labute approximate surface area is 148 Å². The number of anilines is 2. The molecule has 2 aromatic heterocycles. The van der Waals surface area contributed by atoms with Crippen molar-refractivity contribution >= 4 is 17.5 Å². The van der Waals surface area contributed by atoms with E-state index in [0.29, 0.717) is 24.8 Å². The SMILES string of the molecule is Cc1cc(NC(=O)NCCn2ccnc2)cnc1N1CCCC[C@@H]1C. The van der Waals surface area contributed by atoms with Gasteiger partial charge in [0.2, 0.25) is 0 Å². The fraction of sp³-hybridized carbons (Fsp3) is 0.500. The molecular weight excluding hydrogens is 316 g/mol. The molecule has 0 spiro atoms. The Hall–Kier alpha value is -2.57. The van der Waals surface area contributed by atoms with E-state index < -0.39 is 0 Å². The lowest BCUT2D eigenvalue weighted by molar-refractivity contribution is 0.251. The molecule has 134 valence electrons. The minimum Gasteiger partial charge on any atom is -0.354 e. The molecule has 25 heavy (non-hydrogen) atoms. The number of carbonyl (C=O) groups excluding carboxylic acids is 1. The van der Waals surface area contributed by atoms with E-state index >= 15 is 0 Å². The maximum atomic E-state index is 12.0. The summed E-state index contributed by atoms with van der Waals surface area (Å²) in [4.78, 5) is 22.9. The molecular formula is C18H26N6O. The number of nitrogens with zero attached hydrogens (tertiary/aromatic N) is 4. The molecule has 2 aromatic rings. The smallest absolute Gasteiger partial charge is 0.319 e. The quantitative estimate of drug-likeness (QED) is 0.876.